The van der Waals surface area contributed by atoms with Gasteiger partial charge in [0.2, 0.25) is 15.9 Å². The number of carbonyl (C=O) groups is 1. The number of aryl methyl sites for hydroxylation is 1. The number of nitrogens with zero attached hydrogens (tertiary/aromatic N) is 3. The van der Waals surface area contributed by atoms with E-state index in [1.54, 1.807) is 6.92 Å². The van der Waals surface area contributed by atoms with Crippen LogP contribution < -0.4 is 9.62 Å². The minimum atomic E-state index is -3.79. The zero-order chi connectivity index (χ0) is 20.7. The van der Waals surface area contributed by atoms with E-state index in [-0.39, 0.29) is 11.4 Å². The topological polar surface area (TPSA) is 113 Å². The molecule has 2 rings (SSSR count). The molecule has 156 valence electrons. The predicted molar refractivity (Wildman–Crippen MR) is 108 cm³/mol. The molecule has 28 heavy (non-hydrogen) atoms. The Bertz CT molecular complexity index is 804. The second-order valence-electron chi connectivity index (χ2n) is 7.10. The van der Waals surface area contributed by atoms with Crippen molar-refractivity contribution in [3.05, 3.63) is 33.9 Å². The van der Waals surface area contributed by atoms with Crippen LogP contribution in [0.1, 0.15) is 31.2 Å². The van der Waals surface area contributed by atoms with Crippen molar-refractivity contribution in [1.29, 1.82) is 0 Å². The number of carbonyl (C=O) groups excluding carboxylic acids is 1. The minimum absolute atomic E-state index is 0.138. The molecule has 1 aliphatic rings. The Balaban J connectivity index is 2.03. The van der Waals surface area contributed by atoms with E-state index in [0.29, 0.717) is 12.1 Å². The first-order chi connectivity index (χ1) is 13.2. The lowest BCUT2D eigenvalue weighted by atomic mass is 10.2. The number of likely N-dealkylation sites (tertiary alicyclic amines) is 1. The van der Waals surface area contributed by atoms with E-state index in [1.165, 1.54) is 31.0 Å². The van der Waals surface area contributed by atoms with Crippen molar-refractivity contribution in [1.82, 2.24) is 10.2 Å². The molecule has 1 aliphatic heterocycles. The molecule has 0 bridgehead atoms. The lowest BCUT2D eigenvalue weighted by Gasteiger charge is -2.24. The second kappa shape index (κ2) is 9.83. The van der Waals surface area contributed by atoms with E-state index in [0.717, 1.165) is 43.0 Å². The SMILES string of the molecule is Cc1ccc([N+](=O)[O-])cc1N(CC(=O)NCCN1CCCCCC1)S(C)(=O)=O. The molecule has 1 heterocycles. The van der Waals surface area contributed by atoms with Gasteiger partial charge in [0.25, 0.3) is 5.69 Å². The number of sulfonamides is 1. The Labute approximate surface area is 165 Å². The molecule has 1 aromatic rings. The van der Waals surface area contributed by atoms with Crippen molar-refractivity contribution < 1.29 is 18.1 Å². The zero-order valence-corrected chi connectivity index (χ0v) is 17.2. The summed E-state index contributed by atoms with van der Waals surface area (Å²) < 4.78 is 25.4. The fourth-order valence-electron chi connectivity index (χ4n) is 3.26. The van der Waals surface area contributed by atoms with E-state index in [4.69, 9.17) is 0 Å². The summed E-state index contributed by atoms with van der Waals surface area (Å²) in [7, 11) is -3.79. The molecular weight excluding hydrogens is 384 g/mol. The van der Waals surface area contributed by atoms with E-state index < -0.39 is 27.4 Å². The number of rotatable bonds is 8. The maximum atomic E-state index is 12.3. The molecule has 1 N–H and O–H groups in total. The van der Waals surface area contributed by atoms with Crippen molar-refractivity contribution in [3.63, 3.8) is 0 Å². The largest absolute Gasteiger partial charge is 0.353 e. The molecule has 1 amide bonds. The third-order valence-electron chi connectivity index (χ3n) is 4.81. The van der Waals surface area contributed by atoms with Crippen molar-refractivity contribution in [2.45, 2.75) is 32.6 Å². The molecule has 0 saturated carbocycles. The smallest absolute Gasteiger partial charge is 0.271 e. The summed E-state index contributed by atoms with van der Waals surface area (Å²) in [5.74, 6) is -0.439. The number of anilines is 1. The zero-order valence-electron chi connectivity index (χ0n) is 16.4. The van der Waals surface area contributed by atoms with Crippen LogP contribution in [0.5, 0.6) is 0 Å². The van der Waals surface area contributed by atoms with Crippen LogP contribution in [0, 0.1) is 17.0 Å². The molecule has 1 fully saturated rings. The summed E-state index contributed by atoms with van der Waals surface area (Å²) in [5, 5.41) is 13.8. The lowest BCUT2D eigenvalue weighted by molar-refractivity contribution is -0.384. The Morgan fingerprint density at radius 1 is 1.25 bits per heavy atom. The highest BCUT2D eigenvalue weighted by Gasteiger charge is 2.24. The van der Waals surface area contributed by atoms with Crippen molar-refractivity contribution in [2.24, 2.45) is 0 Å². The fourth-order valence-corrected chi connectivity index (χ4v) is 4.17. The number of benzene rings is 1. The van der Waals surface area contributed by atoms with Gasteiger partial charge >= 0.3 is 0 Å². The number of hydrogen-bond donors (Lipinski definition) is 1. The Hall–Kier alpha value is -2.20. The van der Waals surface area contributed by atoms with Gasteiger partial charge in [-0.2, -0.15) is 0 Å². The third-order valence-corrected chi connectivity index (χ3v) is 5.94. The quantitative estimate of drug-likeness (QED) is 0.513. The maximum absolute atomic E-state index is 12.3. The standard InChI is InChI=1S/C18H28N4O5S/c1-15-7-8-16(22(24)25)13-17(15)21(28(2,26)27)14-18(23)19-9-12-20-10-5-3-4-6-11-20/h7-8,13H,3-6,9-12,14H2,1-2H3,(H,19,23). The molecular formula is C18H28N4O5S. The summed E-state index contributed by atoms with van der Waals surface area (Å²) in [5.41, 5.74) is 0.448. The van der Waals surface area contributed by atoms with Crippen molar-refractivity contribution in [3.8, 4) is 0 Å². The van der Waals surface area contributed by atoms with Gasteiger partial charge < -0.3 is 10.2 Å². The van der Waals surface area contributed by atoms with Gasteiger partial charge in [-0.05, 0) is 38.4 Å². The molecule has 0 atom stereocenters. The fraction of sp³-hybridized carbons (Fsp3) is 0.611. The number of nitrogens with one attached hydrogen (secondary N) is 1. The third kappa shape index (κ3) is 6.45. The minimum Gasteiger partial charge on any atom is -0.353 e. The molecule has 1 saturated heterocycles. The van der Waals surface area contributed by atoms with Gasteiger partial charge in [0.05, 0.1) is 16.9 Å². The molecule has 10 heteroatoms. The van der Waals surface area contributed by atoms with Crippen molar-refractivity contribution in [2.75, 3.05) is 43.3 Å². The van der Waals surface area contributed by atoms with E-state index >= 15 is 0 Å². The molecule has 0 aliphatic carbocycles. The van der Waals surface area contributed by atoms with E-state index in [9.17, 15) is 23.3 Å². The van der Waals surface area contributed by atoms with Gasteiger partial charge in [-0.3, -0.25) is 19.2 Å². The molecule has 0 radical (unpaired) electrons. The average Bonchev–Trinajstić information content (AvgIpc) is 2.88. The lowest BCUT2D eigenvalue weighted by Crippen LogP contribution is -2.43. The summed E-state index contributed by atoms with van der Waals surface area (Å²) in [6, 6.07) is 3.96. The van der Waals surface area contributed by atoms with Crippen LogP contribution in [0.3, 0.4) is 0 Å². The van der Waals surface area contributed by atoms with Crippen LogP contribution in [0.2, 0.25) is 0 Å². The molecule has 0 unspecified atom stereocenters. The van der Waals surface area contributed by atoms with E-state index in [1.807, 2.05) is 0 Å². The van der Waals surface area contributed by atoms with Crippen LogP contribution in [0.25, 0.3) is 0 Å². The first-order valence-corrected chi connectivity index (χ1v) is 11.2. The normalized spacial score (nSPS) is 15.6. The summed E-state index contributed by atoms with van der Waals surface area (Å²) in [6.07, 6.45) is 5.75. The Kier molecular flexibility index (Phi) is 7.76. The number of nitro benzene ring substituents is 1. The Morgan fingerprint density at radius 3 is 2.46 bits per heavy atom. The number of non-ortho nitro benzene ring substituents is 1. The highest BCUT2D eigenvalue weighted by Crippen LogP contribution is 2.27. The highest BCUT2D eigenvalue weighted by atomic mass is 32.2. The number of hydrogen-bond acceptors (Lipinski definition) is 6. The molecule has 1 aromatic carbocycles. The van der Waals surface area contributed by atoms with Gasteiger partial charge in [0, 0.05) is 25.2 Å². The van der Waals surface area contributed by atoms with Gasteiger partial charge in [-0.1, -0.05) is 18.9 Å². The summed E-state index contributed by atoms with van der Waals surface area (Å²) >= 11 is 0. The number of nitro groups is 1. The van der Waals surface area contributed by atoms with Crippen LogP contribution in [-0.4, -0.2) is 63.1 Å². The summed E-state index contributed by atoms with van der Waals surface area (Å²) in [6.45, 7) is 4.41. The second-order valence-corrected chi connectivity index (χ2v) is 9.01. The van der Waals surface area contributed by atoms with Gasteiger partial charge in [0.1, 0.15) is 6.54 Å². The van der Waals surface area contributed by atoms with Gasteiger partial charge in [0.15, 0.2) is 0 Å². The first kappa shape index (κ1) is 22.1. The van der Waals surface area contributed by atoms with Crippen LogP contribution in [0.15, 0.2) is 18.2 Å². The van der Waals surface area contributed by atoms with Crippen LogP contribution in [0.4, 0.5) is 11.4 Å². The Morgan fingerprint density at radius 2 is 1.89 bits per heavy atom. The molecule has 0 aromatic heterocycles. The van der Waals surface area contributed by atoms with Crippen molar-refractivity contribution >= 4 is 27.3 Å². The molecule has 9 nitrogen and oxygen atoms in total. The van der Waals surface area contributed by atoms with Gasteiger partial charge in [-0.15, -0.1) is 0 Å². The highest BCUT2D eigenvalue weighted by molar-refractivity contribution is 7.92. The van der Waals surface area contributed by atoms with Gasteiger partial charge in [-0.25, -0.2) is 8.42 Å². The molecule has 0 spiro atoms. The average molecular weight is 413 g/mol. The summed E-state index contributed by atoms with van der Waals surface area (Å²) in [4.78, 5) is 25.1. The first-order valence-electron chi connectivity index (χ1n) is 9.40. The monoisotopic (exact) mass is 412 g/mol. The number of amides is 1. The maximum Gasteiger partial charge on any atom is 0.271 e. The van der Waals surface area contributed by atoms with Crippen LogP contribution in [-0.2, 0) is 14.8 Å². The van der Waals surface area contributed by atoms with E-state index in [2.05, 4.69) is 10.2 Å². The predicted octanol–water partition coefficient (Wildman–Crippen LogP) is 1.66. The van der Waals surface area contributed by atoms with Crippen LogP contribution >= 0.6 is 0 Å².